The van der Waals surface area contributed by atoms with Crippen LogP contribution in [0.15, 0.2) is 11.2 Å². The lowest BCUT2D eigenvalue weighted by Gasteiger charge is -2.21. The third-order valence-electron chi connectivity index (χ3n) is 4.38. The number of guanidine groups is 1. The van der Waals surface area contributed by atoms with Gasteiger partial charge in [0.15, 0.2) is 11.7 Å². The van der Waals surface area contributed by atoms with E-state index in [-0.39, 0.29) is 12.1 Å². The van der Waals surface area contributed by atoms with Crippen molar-refractivity contribution in [3.8, 4) is 0 Å². The fourth-order valence-corrected chi connectivity index (χ4v) is 2.94. The summed E-state index contributed by atoms with van der Waals surface area (Å²) in [6.45, 7) is 6.04. The average Bonchev–Trinajstić information content (AvgIpc) is 3.04. The maximum absolute atomic E-state index is 13.0. The zero-order valence-electron chi connectivity index (χ0n) is 16.5. The van der Waals surface area contributed by atoms with Crippen LogP contribution >= 0.6 is 0 Å². The summed E-state index contributed by atoms with van der Waals surface area (Å²) in [6, 6.07) is 0. The lowest BCUT2D eigenvalue weighted by atomic mass is 10.0. The minimum atomic E-state index is -4.49. The number of aromatic nitrogens is 2. The molecule has 28 heavy (non-hydrogen) atoms. The first-order valence-corrected chi connectivity index (χ1v) is 9.67. The summed E-state index contributed by atoms with van der Waals surface area (Å²) >= 11 is 0. The molecule has 1 saturated heterocycles. The summed E-state index contributed by atoms with van der Waals surface area (Å²) in [4.78, 5) is 4.25. The first-order valence-electron chi connectivity index (χ1n) is 9.67. The Kier molecular flexibility index (Phi) is 9.04. The smallest absolute Gasteiger partial charge is 0.381 e. The summed E-state index contributed by atoms with van der Waals surface area (Å²) < 4.78 is 51.2. The molecule has 0 radical (unpaired) electrons. The van der Waals surface area contributed by atoms with Crippen molar-refractivity contribution in [3.63, 3.8) is 0 Å². The molecular weight excluding hydrogens is 375 g/mol. The monoisotopic (exact) mass is 405 g/mol. The molecule has 1 aliphatic heterocycles. The average molecular weight is 405 g/mol. The standard InChI is InChI=1S/C18H30F3N5O2/c1-3-22-17(23-7-4-8-28-13-14-5-9-27-10-6-14)24-11-15-12-26(2)25-16(15)18(19,20)21/h12,14H,3-11,13H2,1-2H3,(H2,22,23,24). The van der Waals surface area contributed by atoms with Crippen LogP contribution in [0, 0.1) is 5.92 Å². The predicted octanol–water partition coefficient (Wildman–Crippen LogP) is 2.33. The Labute approximate surface area is 163 Å². The largest absolute Gasteiger partial charge is 0.435 e. The Bertz CT molecular complexity index is 613. The fraction of sp³-hybridized carbons (Fsp3) is 0.778. The lowest BCUT2D eigenvalue weighted by Crippen LogP contribution is -2.38. The van der Waals surface area contributed by atoms with Gasteiger partial charge in [-0.25, -0.2) is 4.99 Å². The molecule has 0 saturated carbocycles. The zero-order chi connectivity index (χ0) is 20.4. The van der Waals surface area contributed by atoms with Gasteiger partial charge < -0.3 is 20.1 Å². The summed E-state index contributed by atoms with van der Waals surface area (Å²) in [5.74, 6) is 1.05. The number of nitrogens with one attached hydrogen (secondary N) is 2. The summed E-state index contributed by atoms with van der Waals surface area (Å²) in [5.41, 5.74) is -0.844. The highest BCUT2D eigenvalue weighted by atomic mass is 19.4. The van der Waals surface area contributed by atoms with E-state index in [0.717, 1.165) is 43.8 Å². The number of ether oxygens (including phenoxy) is 2. The molecule has 1 aromatic rings. The van der Waals surface area contributed by atoms with Gasteiger partial charge in [0.25, 0.3) is 0 Å². The summed E-state index contributed by atoms with van der Waals surface area (Å²) in [6.07, 6.45) is -0.262. The minimum absolute atomic E-state index is 0.0481. The first kappa shape index (κ1) is 22.5. The second-order valence-electron chi connectivity index (χ2n) is 6.78. The molecule has 0 bridgehead atoms. The number of halogens is 3. The van der Waals surface area contributed by atoms with E-state index in [0.29, 0.717) is 31.6 Å². The van der Waals surface area contributed by atoms with Crippen molar-refractivity contribution in [3.05, 3.63) is 17.5 Å². The first-order chi connectivity index (χ1) is 13.4. The van der Waals surface area contributed by atoms with Crippen LogP contribution in [0.25, 0.3) is 0 Å². The highest BCUT2D eigenvalue weighted by Gasteiger charge is 2.36. The molecule has 0 aromatic carbocycles. The molecule has 0 atom stereocenters. The second-order valence-corrected chi connectivity index (χ2v) is 6.78. The fourth-order valence-electron chi connectivity index (χ4n) is 2.94. The van der Waals surface area contributed by atoms with E-state index in [1.54, 1.807) is 0 Å². The minimum Gasteiger partial charge on any atom is -0.381 e. The quantitative estimate of drug-likeness (QED) is 0.375. The van der Waals surface area contributed by atoms with Gasteiger partial charge in [0.2, 0.25) is 0 Å². The zero-order valence-corrected chi connectivity index (χ0v) is 16.5. The van der Waals surface area contributed by atoms with E-state index < -0.39 is 11.9 Å². The van der Waals surface area contributed by atoms with Crippen LogP contribution in [0.4, 0.5) is 13.2 Å². The van der Waals surface area contributed by atoms with Crippen molar-refractivity contribution in [2.24, 2.45) is 18.0 Å². The Morgan fingerprint density at radius 3 is 2.79 bits per heavy atom. The molecule has 0 amide bonds. The maximum atomic E-state index is 13.0. The maximum Gasteiger partial charge on any atom is 0.435 e. The predicted molar refractivity (Wildman–Crippen MR) is 100 cm³/mol. The second kappa shape index (κ2) is 11.3. The number of alkyl halides is 3. The van der Waals surface area contributed by atoms with Gasteiger partial charge in [-0.15, -0.1) is 0 Å². The van der Waals surface area contributed by atoms with Gasteiger partial charge >= 0.3 is 6.18 Å². The van der Waals surface area contributed by atoms with E-state index in [2.05, 4.69) is 20.7 Å². The molecule has 10 heteroatoms. The SMILES string of the molecule is CCNC(=NCc1cn(C)nc1C(F)(F)F)NCCCOCC1CCOCC1. The van der Waals surface area contributed by atoms with Crippen LogP contribution in [0.5, 0.6) is 0 Å². The van der Waals surface area contributed by atoms with Gasteiger partial charge in [0, 0.05) is 58.3 Å². The lowest BCUT2D eigenvalue weighted by molar-refractivity contribution is -0.142. The van der Waals surface area contributed by atoms with Crippen molar-refractivity contribution >= 4 is 5.96 Å². The van der Waals surface area contributed by atoms with Crippen LogP contribution < -0.4 is 10.6 Å². The number of rotatable bonds is 9. The van der Waals surface area contributed by atoms with Gasteiger partial charge in [0.1, 0.15) is 0 Å². The number of aliphatic imine (C=N–C) groups is 1. The van der Waals surface area contributed by atoms with Crippen LogP contribution in [0.3, 0.4) is 0 Å². The van der Waals surface area contributed by atoms with Crippen molar-refractivity contribution < 1.29 is 22.6 Å². The molecule has 1 aliphatic rings. The Morgan fingerprint density at radius 2 is 2.11 bits per heavy atom. The van der Waals surface area contributed by atoms with Crippen LogP contribution in [-0.2, 0) is 29.2 Å². The molecule has 1 fully saturated rings. The van der Waals surface area contributed by atoms with Gasteiger partial charge in [-0.1, -0.05) is 0 Å². The van der Waals surface area contributed by atoms with E-state index in [9.17, 15) is 13.2 Å². The number of aryl methyl sites for hydroxylation is 1. The molecule has 2 rings (SSSR count). The van der Waals surface area contributed by atoms with Gasteiger partial charge in [-0.2, -0.15) is 18.3 Å². The number of nitrogens with zero attached hydrogens (tertiary/aromatic N) is 3. The topological polar surface area (TPSA) is 72.7 Å². The van der Waals surface area contributed by atoms with Crippen molar-refractivity contribution in [2.45, 2.75) is 38.9 Å². The van der Waals surface area contributed by atoms with Crippen LogP contribution in [0.2, 0.25) is 0 Å². The van der Waals surface area contributed by atoms with Crippen molar-refractivity contribution in [2.75, 3.05) is 39.5 Å². The normalized spacial score (nSPS) is 16.4. The van der Waals surface area contributed by atoms with E-state index in [1.165, 1.54) is 13.2 Å². The van der Waals surface area contributed by atoms with Gasteiger partial charge in [0.05, 0.1) is 6.54 Å². The summed E-state index contributed by atoms with van der Waals surface area (Å²) in [5, 5.41) is 9.66. The van der Waals surface area contributed by atoms with Crippen LogP contribution in [0.1, 0.15) is 37.4 Å². The molecular formula is C18H30F3N5O2. The molecule has 0 aliphatic carbocycles. The highest BCUT2D eigenvalue weighted by molar-refractivity contribution is 5.79. The van der Waals surface area contributed by atoms with Crippen LogP contribution in [-0.4, -0.2) is 55.3 Å². The number of hydrogen-bond donors (Lipinski definition) is 2. The molecule has 160 valence electrons. The molecule has 0 spiro atoms. The molecule has 2 N–H and O–H groups in total. The number of hydrogen-bond acceptors (Lipinski definition) is 4. The Balaban J connectivity index is 1.74. The van der Waals surface area contributed by atoms with Gasteiger partial charge in [-0.05, 0) is 32.1 Å². The molecule has 0 unspecified atom stereocenters. The summed E-state index contributed by atoms with van der Waals surface area (Å²) in [7, 11) is 1.46. The highest BCUT2D eigenvalue weighted by Crippen LogP contribution is 2.30. The Morgan fingerprint density at radius 1 is 1.36 bits per heavy atom. The van der Waals surface area contributed by atoms with Crippen molar-refractivity contribution in [1.82, 2.24) is 20.4 Å². The Hall–Kier alpha value is -1.81. The third-order valence-corrected chi connectivity index (χ3v) is 4.38. The molecule has 1 aromatic heterocycles. The van der Waals surface area contributed by atoms with E-state index in [4.69, 9.17) is 9.47 Å². The van der Waals surface area contributed by atoms with Gasteiger partial charge in [-0.3, -0.25) is 4.68 Å². The van der Waals surface area contributed by atoms with Crippen molar-refractivity contribution in [1.29, 1.82) is 0 Å². The third kappa shape index (κ3) is 7.67. The molecule has 2 heterocycles. The molecule has 7 nitrogen and oxygen atoms in total. The van der Waals surface area contributed by atoms with E-state index in [1.807, 2.05) is 6.92 Å². The van der Waals surface area contributed by atoms with E-state index >= 15 is 0 Å².